The van der Waals surface area contributed by atoms with E-state index in [0.717, 1.165) is 29.8 Å². The third-order valence-electron chi connectivity index (χ3n) is 3.62. The molecular formula is C16H23NO. The maximum Gasteiger partial charge on any atom is 0.253 e. The zero-order chi connectivity index (χ0) is 13.3. The highest BCUT2D eigenvalue weighted by atomic mass is 16.2. The quantitative estimate of drug-likeness (QED) is 0.742. The van der Waals surface area contributed by atoms with E-state index < -0.39 is 0 Å². The zero-order valence-corrected chi connectivity index (χ0v) is 11.9. The molecule has 1 amide bonds. The molecule has 98 valence electrons. The molecule has 1 aromatic carbocycles. The fraction of sp³-hybridized carbons (Fsp3) is 0.562. The van der Waals surface area contributed by atoms with Crippen LogP contribution < -0.4 is 0 Å². The Bertz CT molecular complexity index is 422. The summed E-state index contributed by atoms with van der Waals surface area (Å²) in [5.74, 6) is 1.42. The molecule has 2 atom stereocenters. The number of rotatable bonds is 1. The molecule has 1 fully saturated rings. The van der Waals surface area contributed by atoms with Crippen LogP contribution in [-0.4, -0.2) is 23.9 Å². The molecular weight excluding hydrogens is 222 g/mol. The number of nitrogens with zero attached hydrogens (tertiary/aromatic N) is 1. The molecule has 2 rings (SSSR count). The van der Waals surface area contributed by atoms with Gasteiger partial charge in [-0.1, -0.05) is 31.0 Å². The van der Waals surface area contributed by atoms with Crippen molar-refractivity contribution in [3.05, 3.63) is 34.9 Å². The highest BCUT2D eigenvalue weighted by Gasteiger charge is 2.26. The van der Waals surface area contributed by atoms with E-state index in [0.29, 0.717) is 11.8 Å². The van der Waals surface area contributed by atoms with Crippen molar-refractivity contribution < 1.29 is 4.79 Å². The first-order valence-electron chi connectivity index (χ1n) is 6.83. The van der Waals surface area contributed by atoms with E-state index in [9.17, 15) is 4.79 Å². The van der Waals surface area contributed by atoms with Crippen LogP contribution in [0.25, 0.3) is 0 Å². The summed E-state index contributed by atoms with van der Waals surface area (Å²) in [5, 5.41) is 0. The Balaban J connectivity index is 2.20. The predicted molar refractivity (Wildman–Crippen MR) is 74.8 cm³/mol. The van der Waals surface area contributed by atoms with Gasteiger partial charge in [-0.2, -0.15) is 0 Å². The van der Waals surface area contributed by atoms with Gasteiger partial charge in [0.25, 0.3) is 5.91 Å². The molecule has 1 saturated heterocycles. The van der Waals surface area contributed by atoms with Crippen LogP contribution in [0.1, 0.15) is 41.8 Å². The molecule has 0 bridgehead atoms. The van der Waals surface area contributed by atoms with Crippen molar-refractivity contribution in [2.75, 3.05) is 13.1 Å². The number of hydrogen-bond donors (Lipinski definition) is 0. The average Bonchev–Trinajstić information content (AvgIpc) is 2.25. The predicted octanol–water partition coefficient (Wildman–Crippen LogP) is 3.42. The van der Waals surface area contributed by atoms with Crippen LogP contribution >= 0.6 is 0 Å². The van der Waals surface area contributed by atoms with Crippen LogP contribution in [0.2, 0.25) is 0 Å². The van der Waals surface area contributed by atoms with Gasteiger partial charge in [-0.05, 0) is 44.2 Å². The summed E-state index contributed by atoms with van der Waals surface area (Å²) in [5.41, 5.74) is 3.17. The van der Waals surface area contributed by atoms with E-state index in [4.69, 9.17) is 0 Å². The number of carbonyl (C=O) groups excluding carboxylic acids is 1. The lowest BCUT2D eigenvalue weighted by Gasteiger charge is -2.35. The molecule has 18 heavy (non-hydrogen) atoms. The van der Waals surface area contributed by atoms with Gasteiger partial charge < -0.3 is 4.90 Å². The summed E-state index contributed by atoms with van der Waals surface area (Å²) in [7, 11) is 0. The van der Waals surface area contributed by atoms with Crippen molar-refractivity contribution in [3.8, 4) is 0 Å². The lowest BCUT2D eigenvalue weighted by atomic mass is 9.91. The Morgan fingerprint density at radius 3 is 2.06 bits per heavy atom. The van der Waals surface area contributed by atoms with Crippen LogP contribution in [0, 0.1) is 25.7 Å². The summed E-state index contributed by atoms with van der Waals surface area (Å²) in [6.45, 7) is 10.4. The first kappa shape index (κ1) is 13.1. The van der Waals surface area contributed by atoms with Gasteiger partial charge in [0.05, 0.1) is 0 Å². The van der Waals surface area contributed by atoms with Crippen molar-refractivity contribution in [1.82, 2.24) is 4.90 Å². The second-order valence-corrected chi connectivity index (χ2v) is 6.03. The molecule has 2 heteroatoms. The zero-order valence-electron chi connectivity index (χ0n) is 11.9. The highest BCUT2D eigenvalue weighted by molar-refractivity contribution is 5.94. The van der Waals surface area contributed by atoms with E-state index in [-0.39, 0.29) is 5.91 Å². The number of benzene rings is 1. The molecule has 0 saturated carbocycles. The maximum absolute atomic E-state index is 12.5. The molecule has 2 nitrogen and oxygen atoms in total. The van der Waals surface area contributed by atoms with Crippen LogP contribution in [-0.2, 0) is 0 Å². The lowest BCUT2D eigenvalue weighted by Crippen LogP contribution is -2.42. The van der Waals surface area contributed by atoms with E-state index in [2.05, 4.69) is 19.9 Å². The summed E-state index contributed by atoms with van der Waals surface area (Å²) in [6, 6.07) is 6.11. The minimum Gasteiger partial charge on any atom is -0.338 e. The Labute approximate surface area is 110 Å². The Morgan fingerprint density at radius 1 is 1.06 bits per heavy atom. The molecule has 0 radical (unpaired) electrons. The third-order valence-corrected chi connectivity index (χ3v) is 3.62. The Kier molecular flexibility index (Phi) is 3.74. The number of likely N-dealkylation sites (tertiary alicyclic amines) is 1. The van der Waals surface area contributed by atoms with Gasteiger partial charge in [0.15, 0.2) is 0 Å². The molecule has 0 aliphatic carbocycles. The normalized spacial score (nSPS) is 24.1. The van der Waals surface area contributed by atoms with Gasteiger partial charge >= 0.3 is 0 Å². The maximum atomic E-state index is 12.5. The second kappa shape index (κ2) is 5.13. The van der Waals surface area contributed by atoms with E-state index in [1.807, 2.05) is 30.9 Å². The minimum absolute atomic E-state index is 0.195. The number of amides is 1. The molecule has 0 N–H and O–H groups in total. The summed E-state index contributed by atoms with van der Waals surface area (Å²) < 4.78 is 0. The molecule has 0 spiro atoms. The molecule has 1 aromatic rings. The van der Waals surface area contributed by atoms with Crippen LogP contribution in [0.4, 0.5) is 0 Å². The summed E-state index contributed by atoms with van der Waals surface area (Å²) in [6.07, 6.45) is 1.23. The van der Waals surface area contributed by atoms with E-state index >= 15 is 0 Å². The molecule has 1 aliphatic rings. The van der Waals surface area contributed by atoms with Gasteiger partial charge in [0.1, 0.15) is 0 Å². The first-order valence-corrected chi connectivity index (χ1v) is 6.83. The van der Waals surface area contributed by atoms with Gasteiger partial charge in [-0.3, -0.25) is 4.79 Å². The largest absolute Gasteiger partial charge is 0.338 e. The third kappa shape index (κ3) is 2.92. The fourth-order valence-electron chi connectivity index (χ4n) is 3.11. The Hall–Kier alpha value is -1.31. The van der Waals surface area contributed by atoms with Crippen molar-refractivity contribution in [2.45, 2.75) is 34.1 Å². The number of carbonyl (C=O) groups is 1. The van der Waals surface area contributed by atoms with Crippen LogP contribution in [0.5, 0.6) is 0 Å². The van der Waals surface area contributed by atoms with Crippen molar-refractivity contribution in [3.63, 3.8) is 0 Å². The van der Waals surface area contributed by atoms with Gasteiger partial charge in [0.2, 0.25) is 0 Å². The number of piperidine rings is 1. The molecule has 0 aromatic heterocycles. The minimum atomic E-state index is 0.195. The van der Waals surface area contributed by atoms with Crippen molar-refractivity contribution in [1.29, 1.82) is 0 Å². The molecule has 0 unspecified atom stereocenters. The Morgan fingerprint density at radius 2 is 1.56 bits per heavy atom. The fourth-order valence-corrected chi connectivity index (χ4v) is 3.11. The first-order chi connectivity index (χ1) is 8.45. The van der Waals surface area contributed by atoms with E-state index in [1.54, 1.807) is 0 Å². The number of aryl methyl sites for hydroxylation is 2. The summed E-state index contributed by atoms with van der Waals surface area (Å²) in [4.78, 5) is 14.5. The highest BCUT2D eigenvalue weighted by Crippen LogP contribution is 2.23. The molecule has 1 aliphatic heterocycles. The lowest BCUT2D eigenvalue weighted by molar-refractivity contribution is 0.0623. The van der Waals surface area contributed by atoms with Gasteiger partial charge in [0, 0.05) is 18.7 Å². The average molecular weight is 245 g/mol. The van der Waals surface area contributed by atoms with Gasteiger partial charge in [-0.15, -0.1) is 0 Å². The standard InChI is InChI=1S/C16H23NO/c1-11-5-12(2)8-15(7-11)16(18)17-9-13(3)6-14(4)10-17/h5,7-8,13-14H,6,9-10H2,1-4H3/t13-,14+. The summed E-state index contributed by atoms with van der Waals surface area (Å²) >= 11 is 0. The topological polar surface area (TPSA) is 20.3 Å². The van der Waals surface area contributed by atoms with Crippen LogP contribution in [0.3, 0.4) is 0 Å². The van der Waals surface area contributed by atoms with Gasteiger partial charge in [-0.25, -0.2) is 0 Å². The molecule has 1 heterocycles. The van der Waals surface area contributed by atoms with Crippen molar-refractivity contribution >= 4 is 5.91 Å². The van der Waals surface area contributed by atoms with Crippen molar-refractivity contribution in [2.24, 2.45) is 11.8 Å². The second-order valence-electron chi connectivity index (χ2n) is 6.03. The van der Waals surface area contributed by atoms with E-state index in [1.165, 1.54) is 6.42 Å². The van der Waals surface area contributed by atoms with Crippen LogP contribution in [0.15, 0.2) is 18.2 Å². The monoisotopic (exact) mass is 245 g/mol. The SMILES string of the molecule is Cc1cc(C)cc(C(=O)N2C[C@H](C)C[C@H](C)C2)c1. The number of hydrogen-bond acceptors (Lipinski definition) is 1. The smallest absolute Gasteiger partial charge is 0.253 e.